The number of amides is 2. The lowest BCUT2D eigenvalue weighted by molar-refractivity contribution is -0.118. The van der Waals surface area contributed by atoms with Crippen molar-refractivity contribution < 1.29 is 18.4 Å². The maximum Gasteiger partial charge on any atom is 0.268 e. The van der Waals surface area contributed by atoms with Crippen LogP contribution in [0.2, 0.25) is 10.0 Å². The van der Waals surface area contributed by atoms with E-state index in [1.165, 1.54) is 12.3 Å². The van der Waals surface area contributed by atoms with E-state index in [0.717, 1.165) is 5.56 Å². The minimum absolute atomic E-state index is 0.0141. The van der Waals surface area contributed by atoms with Crippen molar-refractivity contribution in [1.82, 2.24) is 10.6 Å². The number of hydrogen-bond donors (Lipinski definition) is 2. The van der Waals surface area contributed by atoms with E-state index in [9.17, 15) is 9.59 Å². The fraction of sp³-hybridized carbons (Fsp3) is 0.0769. The van der Waals surface area contributed by atoms with E-state index < -0.39 is 11.8 Å². The second kappa shape index (κ2) is 10.5. The van der Waals surface area contributed by atoms with E-state index in [4.69, 9.17) is 32.0 Å². The minimum atomic E-state index is -0.501. The molecule has 34 heavy (non-hydrogen) atoms. The molecule has 0 radical (unpaired) electrons. The van der Waals surface area contributed by atoms with E-state index >= 15 is 0 Å². The number of rotatable bonds is 7. The van der Waals surface area contributed by atoms with Crippen LogP contribution in [-0.4, -0.2) is 11.8 Å². The Bertz CT molecular complexity index is 1340. The number of halogens is 2. The van der Waals surface area contributed by atoms with Gasteiger partial charge in [0.2, 0.25) is 0 Å². The molecule has 0 saturated carbocycles. The molecule has 2 heterocycles. The number of hydrogen-bond acceptors (Lipinski definition) is 4. The Hall–Kier alpha value is -3.74. The largest absolute Gasteiger partial charge is 0.467 e. The van der Waals surface area contributed by atoms with Gasteiger partial charge in [-0.2, -0.15) is 0 Å². The Balaban J connectivity index is 1.60. The molecular formula is C26H20Cl2N2O4. The van der Waals surface area contributed by atoms with Crippen LogP contribution in [0.1, 0.15) is 27.4 Å². The molecule has 0 fully saturated rings. The van der Waals surface area contributed by atoms with Crippen molar-refractivity contribution in [1.29, 1.82) is 0 Å². The summed E-state index contributed by atoms with van der Waals surface area (Å²) in [5.41, 5.74) is 2.11. The zero-order chi connectivity index (χ0) is 24.1. The lowest BCUT2D eigenvalue weighted by atomic mass is 10.1. The third-order valence-corrected chi connectivity index (χ3v) is 5.47. The summed E-state index contributed by atoms with van der Waals surface area (Å²) in [6.45, 7) is 2.09. The summed E-state index contributed by atoms with van der Waals surface area (Å²) in [5, 5.41) is 6.35. The topological polar surface area (TPSA) is 84.5 Å². The first-order valence-corrected chi connectivity index (χ1v) is 11.1. The summed E-state index contributed by atoms with van der Waals surface area (Å²) in [6.07, 6.45) is 2.97. The van der Waals surface area contributed by atoms with Gasteiger partial charge in [-0.1, -0.05) is 40.9 Å². The summed E-state index contributed by atoms with van der Waals surface area (Å²) in [6, 6.07) is 19.0. The second-order valence-corrected chi connectivity index (χ2v) is 8.31. The molecule has 2 amide bonds. The lowest BCUT2D eigenvalue weighted by Crippen LogP contribution is -2.34. The number of aryl methyl sites for hydroxylation is 1. The van der Waals surface area contributed by atoms with Crippen molar-refractivity contribution in [3.05, 3.63) is 111 Å². The molecule has 0 aliphatic carbocycles. The molecule has 0 spiro atoms. The smallest absolute Gasteiger partial charge is 0.268 e. The van der Waals surface area contributed by atoms with Crippen molar-refractivity contribution in [3.8, 4) is 11.3 Å². The van der Waals surface area contributed by atoms with Gasteiger partial charge in [0.25, 0.3) is 11.8 Å². The molecule has 6 nitrogen and oxygen atoms in total. The van der Waals surface area contributed by atoms with Crippen molar-refractivity contribution >= 4 is 41.1 Å². The van der Waals surface area contributed by atoms with Gasteiger partial charge < -0.3 is 19.5 Å². The average molecular weight is 495 g/mol. The van der Waals surface area contributed by atoms with Crippen LogP contribution in [0.25, 0.3) is 17.4 Å². The highest BCUT2D eigenvalue weighted by Crippen LogP contribution is 2.32. The minimum Gasteiger partial charge on any atom is -0.467 e. The zero-order valence-electron chi connectivity index (χ0n) is 18.1. The van der Waals surface area contributed by atoms with E-state index in [0.29, 0.717) is 38.5 Å². The van der Waals surface area contributed by atoms with Gasteiger partial charge in [0.15, 0.2) is 0 Å². The van der Waals surface area contributed by atoms with Crippen LogP contribution in [0.3, 0.4) is 0 Å². The first kappa shape index (κ1) is 23.4. The average Bonchev–Trinajstić information content (AvgIpc) is 3.50. The molecule has 0 aliphatic rings. The quantitative estimate of drug-likeness (QED) is 0.297. The van der Waals surface area contributed by atoms with Crippen LogP contribution in [0.15, 0.2) is 87.5 Å². The molecule has 0 saturated heterocycles. The normalized spacial score (nSPS) is 11.3. The van der Waals surface area contributed by atoms with E-state index in [2.05, 4.69) is 10.6 Å². The summed E-state index contributed by atoms with van der Waals surface area (Å²) in [5.74, 6) is 0.503. The SMILES string of the molecule is Cc1ccc(C(=O)NC(=Cc2ccc(-c3ccc(Cl)cc3Cl)o2)C(=O)NCc2ccco2)cc1. The fourth-order valence-corrected chi connectivity index (χ4v) is 3.64. The fourth-order valence-electron chi connectivity index (χ4n) is 3.14. The first-order chi connectivity index (χ1) is 16.4. The Morgan fingerprint density at radius 3 is 2.50 bits per heavy atom. The Morgan fingerprint density at radius 1 is 1.00 bits per heavy atom. The zero-order valence-corrected chi connectivity index (χ0v) is 19.6. The molecule has 2 N–H and O–H groups in total. The van der Waals surface area contributed by atoms with E-state index in [1.54, 1.807) is 54.6 Å². The molecule has 0 unspecified atom stereocenters. The number of furan rings is 2. The third kappa shape index (κ3) is 5.78. The summed E-state index contributed by atoms with van der Waals surface area (Å²) < 4.78 is 11.1. The number of benzene rings is 2. The number of carbonyl (C=O) groups excluding carboxylic acids is 2. The van der Waals surface area contributed by atoms with Crippen LogP contribution in [-0.2, 0) is 11.3 Å². The second-order valence-electron chi connectivity index (χ2n) is 7.47. The predicted octanol–water partition coefficient (Wildman–Crippen LogP) is 6.24. The van der Waals surface area contributed by atoms with Crippen LogP contribution in [0.5, 0.6) is 0 Å². The number of carbonyl (C=O) groups is 2. The molecule has 2 aromatic carbocycles. The highest BCUT2D eigenvalue weighted by atomic mass is 35.5. The Morgan fingerprint density at radius 2 is 1.79 bits per heavy atom. The summed E-state index contributed by atoms with van der Waals surface area (Å²) >= 11 is 12.2. The van der Waals surface area contributed by atoms with Crippen LogP contribution in [0, 0.1) is 6.92 Å². The van der Waals surface area contributed by atoms with Gasteiger partial charge in [-0.25, -0.2) is 0 Å². The molecular weight excluding hydrogens is 475 g/mol. The molecule has 172 valence electrons. The Labute approximate surface area is 206 Å². The van der Waals surface area contributed by atoms with Gasteiger partial charge in [0.1, 0.15) is 23.0 Å². The molecule has 8 heteroatoms. The van der Waals surface area contributed by atoms with Gasteiger partial charge in [0.05, 0.1) is 17.8 Å². The van der Waals surface area contributed by atoms with Crippen molar-refractivity contribution in [2.75, 3.05) is 0 Å². The molecule has 4 rings (SSSR count). The van der Waals surface area contributed by atoms with Gasteiger partial charge in [0, 0.05) is 22.2 Å². The third-order valence-electron chi connectivity index (χ3n) is 4.92. The lowest BCUT2D eigenvalue weighted by Gasteiger charge is -2.10. The van der Waals surface area contributed by atoms with Crippen molar-refractivity contribution in [2.24, 2.45) is 0 Å². The van der Waals surface area contributed by atoms with E-state index in [-0.39, 0.29) is 12.2 Å². The van der Waals surface area contributed by atoms with Gasteiger partial charge in [-0.05, 0) is 61.5 Å². The Kier molecular flexibility index (Phi) is 7.21. The van der Waals surface area contributed by atoms with Crippen LogP contribution in [0.4, 0.5) is 0 Å². The molecule has 0 aliphatic heterocycles. The van der Waals surface area contributed by atoms with Crippen molar-refractivity contribution in [3.63, 3.8) is 0 Å². The number of nitrogens with one attached hydrogen (secondary N) is 2. The summed E-state index contributed by atoms with van der Waals surface area (Å²) in [4.78, 5) is 25.7. The molecule has 0 atom stereocenters. The summed E-state index contributed by atoms with van der Waals surface area (Å²) in [7, 11) is 0. The van der Waals surface area contributed by atoms with Crippen LogP contribution >= 0.6 is 23.2 Å². The molecule has 2 aromatic heterocycles. The van der Waals surface area contributed by atoms with Crippen LogP contribution < -0.4 is 10.6 Å². The maximum atomic E-state index is 12.9. The standard InChI is InChI=1S/C26H20Cl2N2O4/c1-16-4-6-17(7-5-16)25(31)30-23(26(32)29-15-20-3-2-12-33-20)14-19-9-11-24(34-19)21-10-8-18(27)13-22(21)28/h2-14H,15H2,1H3,(H,29,32)(H,30,31). The van der Waals surface area contributed by atoms with Gasteiger partial charge in [-0.3, -0.25) is 9.59 Å². The predicted molar refractivity (Wildman–Crippen MR) is 131 cm³/mol. The highest BCUT2D eigenvalue weighted by Gasteiger charge is 2.17. The maximum absolute atomic E-state index is 12.9. The monoisotopic (exact) mass is 494 g/mol. The van der Waals surface area contributed by atoms with Crippen molar-refractivity contribution in [2.45, 2.75) is 13.5 Å². The first-order valence-electron chi connectivity index (χ1n) is 10.3. The van der Waals surface area contributed by atoms with Gasteiger partial charge in [-0.15, -0.1) is 0 Å². The molecule has 0 bridgehead atoms. The highest BCUT2D eigenvalue weighted by molar-refractivity contribution is 6.36. The van der Waals surface area contributed by atoms with Gasteiger partial charge >= 0.3 is 0 Å². The molecule has 4 aromatic rings. The van der Waals surface area contributed by atoms with E-state index in [1.807, 2.05) is 19.1 Å².